The highest BCUT2D eigenvalue weighted by Gasteiger charge is 2.05. The molecule has 1 N–H and O–H groups in total. The average molecular weight is 249 g/mol. The van der Waals surface area contributed by atoms with Crippen LogP contribution in [0.5, 0.6) is 0 Å². The van der Waals surface area contributed by atoms with E-state index < -0.39 is 0 Å². The molecule has 0 fully saturated rings. The van der Waals surface area contributed by atoms with E-state index in [2.05, 4.69) is 27.6 Å². The molecular formula is C12H15N3OS. The fourth-order valence-electron chi connectivity index (χ4n) is 1.34. The van der Waals surface area contributed by atoms with Crippen LogP contribution in [0.2, 0.25) is 0 Å². The molecule has 5 heteroatoms. The molecule has 0 aliphatic carbocycles. The molecule has 0 bridgehead atoms. The Morgan fingerprint density at radius 1 is 1.18 bits per heavy atom. The van der Waals surface area contributed by atoms with E-state index in [1.807, 2.05) is 25.2 Å². The number of thioether (sulfide) groups is 1. The van der Waals surface area contributed by atoms with Crippen molar-refractivity contribution in [1.29, 1.82) is 0 Å². The zero-order chi connectivity index (χ0) is 11.9. The Labute approximate surface area is 105 Å². The molecule has 90 valence electrons. The van der Waals surface area contributed by atoms with Gasteiger partial charge >= 0.3 is 0 Å². The fourth-order valence-corrected chi connectivity index (χ4v) is 2.10. The van der Waals surface area contributed by atoms with Crippen LogP contribution in [0.25, 0.3) is 0 Å². The van der Waals surface area contributed by atoms with Gasteiger partial charge in [0, 0.05) is 17.9 Å². The zero-order valence-electron chi connectivity index (χ0n) is 9.72. The molecule has 0 aliphatic rings. The lowest BCUT2D eigenvalue weighted by molar-refractivity contribution is 0.461. The smallest absolute Gasteiger partial charge is 0.226 e. The van der Waals surface area contributed by atoms with Crippen molar-refractivity contribution in [2.45, 2.75) is 17.1 Å². The first kappa shape index (κ1) is 12.1. The van der Waals surface area contributed by atoms with Crippen LogP contribution in [0.15, 0.2) is 39.6 Å². The maximum absolute atomic E-state index is 5.52. The highest BCUT2D eigenvalue weighted by atomic mass is 32.2. The van der Waals surface area contributed by atoms with Crippen molar-refractivity contribution >= 4 is 11.8 Å². The van der Waals surface area contributed by atoms with Gasteiger partial charge in [-0.2, -0.15) is 0 Å². The predicted octanol–water partition coefficient (Wildman–Crippen LogP) is 2.12. The van der Waals surface area contributed by atoms with Crippen LogP contribution in [-0.4, -0.2) is 23.8 Å². The number of nitrogens with zero attached hydrogens (tertiary/aromatic N) is 2. The second-order valence-electron chi connectivity index (χ2n) is 3.54. The van der Waals surface area contributed by atoms with Crippen molar-refractivity contribution in [3.05, 3.63) is 42.1 Å². The van der Waals surface area contributed by atoms with Crippen LogP contribution < -0.4 is 5.32 Å². The van der Waals surface area contributed by atoms with Crippen LogP contribution in [0.1, 0.15) is 11.8 Å². The molecule has 0 unspecified atom stereocenters. The lowest BCUT2D eigenvalue weighted by atomic mass is 10.4. The molecule has 0 amide bonds. The molecule has 4 nitrogen and oxygen atoms in total. The lowest BCUT2D eigenvalue weighted by Crippen LogP contribution is -2.10. The molecule has 0 radical (unpaired) electrons. The summed E-state index contributed by atoms with van der Waals surface area (Å²) in [5, 5.41) is 11.1. The molecular weight excluding hydrogens is 234 g/mol. The van der Waals surface area contributed by atoms with Gasteiger partial charge < -0.3 is 9.73 Å². The van der Waals surface area contributed by atoms with E-state index in [0.29, 0.717) is 11.8 Å². The van der Waals surface area contributed by atoms with Crippen LogP contribution in [0.3, 0.4) is 0 Å². The number of aromatic nitrogens is 2. The minimum absolute atomic E-state index is 0.685. The Hall–Kier alpha value is -1.33. The van der Waals surface area contributed by atoms with Gasteiger partial charge in [-0.3, -0.25) is 0 Å². The minimum atomic E-state index is 0.685. The number of rotatable bonds is 6. The zero-order valence-corrected chi connectivity index (χ0v) is 10.5. The van der Waals surface area contributed by atoms with Crippen molar-refractivity contribution in [3.8, 4) is 0 Å². The van der Waals surface area contributed by atoms with E-state index in [4.69, 9.17) is 4.42 Å². The molecule has 0 atom stereocenters. The highest BCUT2D eigenvalue weighted by Crippen LogP contribution is 2.21. The van der Waals surface area contributed by atoms with E-state index in [1.165, 1.54) is 4.90 Å². The number of likely N-dealkylation sites (N-methyl/N-ethyl adjacent to an activating group) is 1. The largest absolute Gasteiger partial charge is 0.424 e. The Morgan fingerprint density at radius 3 is 2.71 bits per heavy atom. The van der Waals surface area contributed by atoms with Gasteiger partial charge in [-0.05, 0) is 19.2 Å². The molecule has 0 aliphatic heterocycles. The summed E-state index contributed by atoms with van der Waals surface area (Å²) in [5.41, 5.74) is 0. The van der Waals surface area contributed by atoms with Crippen molar-refractivity contribution in [3.63, 3.8) is 0 Å². The Balaban J connectivity index is 1.85. The molecule has 1 aromatic carbocycles. The fraction of sp³-hybridized carbons (Fsp3) is 0.333. The number of benzene rings is 1. The van der Waals surface area contributed by atoms with Crippen LogP contribution in [0, 0.1) is 0 Å². The van der Waals surface area contributed by atoms with Crippen molar-refractivity contribution in [1.82, 2.24) is 15.5 Å². The molecule has 0 saturated carbocycles. The Kier molecular flexibility index (Phi) is 4.58. The number of nitrogens with one attached hydrogen (secondary N) is 1. The summed E-state index contributed by atoms with van der Waals surface area (Å²) in [6, 6.07) is 10.2. The molecule has 17 heavy (non-hydrogen) atoms. The van der Waals surface area contributed by atoms with Gasteiger partial charge in [-0.1, -0.05) is 18.2 Å². The van der Waals surface area contributed by atoms with Gasteiger partial charge in [0.1, 0.15) is 0 Å². The van der Waals surface area contributed by atoms with Crippen LogP contribution >= 0.6 is 11.8 Å². The highest BCUT2D eigenvalue weighted by molar-refractivity contribution is 7.98. The third-order valence-corrected chi connectivity index (χ3v) is 3.20. The normalized spacial score (nSPS) is 10.6. The second kappa shape index (κ2) is 6.42. The molecule has 0 spiro atoms. The van der Waals surface area contributed by atoms with Crippen molar-refractivity contribution in [2.75, 3.05) is 13.6 Å². The first-order chi connectivity index (χ1) is 8.38. The quantitative estimate of drug-likeness (QED) is 0.795. The number of hydrogen-bond donors (Lipinski definition) is 1. The summed E-state index contributed by atoms with van der Waals surface area (Å²) in [7, 11) is 1.91. The second-order valence-corrected chi connectivity index (χ2v) is 4.59. The molecule has 0 saturated heterocycles. The summed E-state index contributed by atoms with van der Waals surface area (Å²) < 4.78 is 5.52. The lowest BCUT2D eigenvalue weighted by Gasteiger charge is -1.96. The van der Waals surface area contributed by atoms with E-state index >= 15 is 0 Å². The van der Waals surface area contributed by atoms with E-state index in [0.717, 1.165) is 18.7 Å². The number of hydrogen-bond acceptors (Lipinski definition) is 5. The van der Waals surface area contributed by atoms with Crippen LogP contribution in [0.4, 0.5) is 0 Å². The van der Waals surface area contributed by atoms with Gasteiger partial charge in [-0.15, -0.1) is 22.0 Å². The Bertz CT molecular complexity index is 444. The summed E-state index contributed by atoms with van der Waals surface area (Å²) >= 11 is 1.70. The Morgan fingerprint density at radius 2 is 1.94 bits per heavy atom. The van der Waals surface area contributed by atoms with Crippen molar-refractivity contribution in [2.24, 2.45) is 0 Å². The third kappa shape index (κ3) is 3.87. The topological polar surface area (TPSA) is 51.0 Å². The van der Waals surface area contributed by atoms with Gasteiger partial charge in [0.05, 0.1) is 5.75 Å². The molecule has 2 aromatic rings. The van der Waals surface area contributed by atoms with Gasteiger partial charge in [-0.25, -0.2) is 0 Å². The minimum Gasteiger partial charge on any atom is -0.424 e. The first-order valence-corrected chi connectivity index (χ1v) is 6.51. The maximum Gasteiger partial charge on any atom is 0.226 e. The van der Waals surface area contributed by atoms with E-state index in [1.54, 1.807) is 11.8 Å². The average Bonchev–Trinajstić information content (AvgIpc) is 2.83. The standard InChI is InChI=1S/C12H15N3OS/c1-13-8-7-11-14-15-12(16-11)9-17-10-5-3-2-4-6-10/h2-6,13H,7-9H2,1H3. The van der Waals surface area contributed by atoms with Gasteiger partial charge in [0.2, 0.25) is 11.8 Å². The summed E-state index contributed by atoms with van der Waals surface area (Å²) in [6.07, 6.45) is 0.777. The molecule has 2 rings (SSSR count). The third-order valence-electron chi connectivity index (χ3n) is 2.20. The maximum atomic E-state index is 5.52. The van der Waals surface area contributed by atoms with Crippen LogP contribution in [-0.2, 0) is 12.2 Å². The predicted molar refractivity (Wildman–Crippen MR) is 67.9 cm³/mol. The SMILES string of the molecule is CNCCc1nnc(CSc2ccccc2)o1. The van der Waals surface area contributed by atoms with E-state index in [9.17, 15) is 0 Å². The molecule has 1 heterocycles. The first-order valence-electron chi connectivity index (χ1n) is 5.52. The molecule has 1 aromatic heterocycles. The van der Waals surface area contributed by atoms with Gasteiger partial charge in [0.25, 0.3) is 0 Å². The van der Waals surface area contributed by atoms with E-state index in [-0.39, 0.29) is 0 Å². The van der Waals surface area contributed by atoms with Crippen molar-refractivity contribution < 1.29 is 4.42 Å². The summed E-state index contributed by atoms with van der Waals surface area (Å²) in [6.45, 7) is 0.855. The summed E-state index contributed by atoms with van der Waals surface area (Å²) in [4.78, 5) is 1.21. The monoisotopic (exact) mass is 249 g/mol. The van der Waals surface area contributed by atoms with Gasteiger partial charge in [0.15, 0.2) is 0 Å². The summed E-state index contributed by atoms with van der Waals surface area (Å²) in [5.74, 6) is 2.10.